The summed E-state index contributed by atoms with van der Waals surface area (Å²) in [7, 11) is 0. The second kappa shape index (κ2) is 4.63. The van der Waals surface area contributed by atoms with Gasteiger partial charge in [-0.25, -0.2) is 9.67 Å². The standard InChI is InChI=1S/C13H23N5/c1-9(2)17-6-3-4-11(17)13-15-12-8-10(14)5-7-18(12)16-13/h9-11H,3-8,14H2,1-2H3. The Hall–Kier alpha value is -0.940. The van der Waals surface area contributed by atoms with Gasteiger partial charge in [-0.2, -0.15) is 5.10 Å². The molecule has 1 aromatic rings. The third-order valence-corrected chi connectivity index (χ3v) is 4.18. The van der Waals surface area contributed by atoms with Crippen LogP contribution in [0.4, 0.5) is 0 Å². The minimum absolute atomic E-state index is 0.263. The fraction of sp³-hybridized carbons (Fsp3) is 0.846. The zero-order valence-corrected chi connectivity index (χ0v) is 11.3. The Morgan fingerprint density at radius 3 is 2.89 bits per heavy atom. The van der Waals surface area contributed by atoms with Crippen LogP contribution in [0, 0.1) is 0 Å². The molecule has 2 atom stereocenters. The van der Waals surface area contributed by atoms with Gasteiger partial charge in [0.2, 0.25) is 0 Å². The van der Waals surface area contributed by atoms with Gasteiger partial charge in [0.15, 0.2) is 5.82 Å². The first-order valence-corrected chi connectivity index (χ1v) is 7.10. The lowest BCUT2D eigenvalue weighted by molar-refractivity contribution is 0.198. The number of nitrogens with two attached hydrogens (primary N) is 1. The molecule has 2 unspecified atom stereocenters. The molecule has 5 nitrogen and oxygen atoms in total. The monoisotopic (exact) mass is 249 g/mol. The van der Waals surface area contributed by atoms with Gasteiger partial charge < -0.3 is 5.73 Å². The summed E-state index contributed by atoms with van der Waals surface area (Å²) in [6.45, 7) is 6.61. The number of hydrogen-bond acceptors (Lipinski definition) is 4. The summed E-state index contributed by atoms with van der Waals surface area (Å²) in [5.41, 5.74) is 6.00. The van der Waals surface area contributed by atoms with Crippen LogP contribution in [0.25, 0.3) is 0 Å². The molecule has 2 N–H and O–H groups in total. The third-order valence-electron chi connectivity index (χ3n) is 4.18. The van der Waals surface area contributed by atoms with E-state index in [1.807, 2.05) is 0 Å². The lowest BCUT2D eigenvalue weighted by Crippen LogP contribution is -2.31. The first kappa shape index (κ1) is 12.1. The van der Waals surface area contributed by atoms with E-state index in [0.29, 0.717) is 12.1 Å². The Labute approximate surface area is 108 Å². The van der Waals surface area contributed by atoms with Crippen LogP contribution in [-0.2, 0) is 13.0 Å². The maximum absolute atomic E-state index is 6.00. The molecule has 1 saturated heterocycles. The van der Waals surface area contributed by atoms with E-state index in [1.54, 1.807) is 0 Å². The van der Waals surface area contributed by atoms with Gasteiger partial charge >= 0.3 is 0 Å². The van der Waals surface area contributed by atoms with Crippen LogP contribution in [0.1, 0.15) is 50.8 Å². The number of aromatic nitrogens is 3. The number of hydrogen-bond donors (Lipinski definition) is 1. The Morgan fingerprint density at radius 1 is 1.28 bits per heavy atom. The maximum Gasteiger partial charge on any atom is 0.168 e. The molecule has 2 aliphatic heterocycles. The van der Waals surface area contributed by atoms with Crippen LogP contribution < -0.4 is 5.73 Å². The fourth-order valence-corrected chi connectivity index (χ4v) is 3.17. The second-order valence-electron chi connectivity index (χ2n) is 5.85. The molecule has 100 valence electrons. The quantitative estimate of drug-likeness (QED) is 0.852. The van der Waals surface area contributed by atoms with E-state index < -0.39 is 0 Å². The van der Waals surface area contributed by atoms with Crippen LogP contribution in [-0.4, -0.2) is 38.3 Å². The van der Waals surface area contributed by atoms with Crippen molar-refractivity contribution in [3.63, 3.8) is 0 Å². The smallest absolute Gasteiger partial charge is 0.168 e. The van der Waals surface area contributed by atoms with Crippen LogP contribution in [0.15, 0.2) is 0 Å². The molecule has 5 heteroatoms. The molecular weight excluding hydrogens is 226 g/mol. The van der Waals surface area contributed by atoms with Crippen molar-refractivity contribution in [1.82, 2.24) is 19.7 Å². The summed E-state index contributed by atoms with van der Waals surface area (Å²) in [5, 5.41) is 4.71. The lowest BCUT2D eigenvalue weighted by atomic mass is 10.1. The summed E-state index contributed by atoms with van der Waals surface area (Å²) >= 11 is 0. The molecule has 3 rings (SSSR count). The first-order valence-electron chi connectivity index (χ1n) is 7.10. The normalized spacial score (nSPS) is 28.9. The van der Waals surface area contributed by atoms with Gasteiger partial charge in [-0.05, 0) is 39.7 Å². The van der Waals surface area contributed by atoms with Crippen molar-refractivity contribution >= 4 is 0 Å². The highest BCUT2D eigenvalue weighted by Gasteiger charge is 2.32. The van der Waals surface area contributed by atoms with Crippen LogP contribution >= 0.6 is 0 Å². The molecule has 3 heterocycles. The molecule has 1 aromatic heterocycles. The van der Waals surface area contributed by atoms with Crippen molar-refractivity contribution in [1.29, 1.82) is 0 Å². The minimum atomic E-state index is 0.263. The largest absolute Gasteiger partial charge is 0.327 e. The van der Waals surface area contributed by atoms with Crippen molar-refractivity contribution in [3.05, 3.63) is 11.6 Å². The highest BCUT2D eigenvalue weighted by Crippen LogP contribution is 2.32. The van der Waals surface area contributed by atoms with Crippen molar-refractivity contribution in [2.24, 2.45) is 5.73 Å². The predicted octanol–water partition coefficient (Wildman–Crippen LogP) is 1.10. The summed E-state index contributed by atoms with van der Waals surface area (Å²) < 4.78 is 2.06. The molecule has 0 amide bonds. The summed E-state index contributed by atoms with van der Waals surface area (Å²) in [4.78, 5) is 7.26. The van der Waals surface area contributed by atoms with E-state index in [-0.39, 0.29) is 6.04 Å². The van der Waals surface area contributed by atoms with E-state index in [4.69, 9.17) is 15.8 Å². The number of likely N-dealkylation sites (tertiary alicyclic amines) is 1. The molecule has 0 aromatic carbocycles. The van der Waals surface area contributed by atoms with E-state index in [0.717, 1.165) is 31.0 Å². The highest BCUT2D eigenvalue weighted by molar-refractivity contribution is 5.05. The first-order chi connectivity index (χ1) is 8.65. The maximum atomic E-state index is 6.00. The van der Waals surface area contributed by atoms with Gasteiger partial charge in [0.1, 0.15) is 5.82 Å². The van der Waals surface area contributed by atoms with E-state index >= 15 is 0 Å². The van der Waals surface area contributed by atoms with Crippen molar-refractivity contribution < 1.29 is 0 Å². The Balaban J connectivity index is 1.84. The highest BCUT2D eigenvalue weighted by atomic mass is 15.4. The number of rotatable bonds is 2. The second-order valence-corrected chi connectivity index (χ2v) is 5.85. The Bertz CT molecular complexity index is 425. The van der Waals surface area contributed by atoms with Gasteiger partial charge in [-0.3, -0.25) is 4.90 Å². The molecule has 0 aliphatic carbocycles. The van der Waals surface area contributed by atoms with Gasteiger partial charge in [0.05, 0.1) is 6.04 Å². The molecule has 2 aliphatic rings. The minimum Gasteiger partial charge on any atom is -0.327 e. The SMILES string of the molecule is CC(C)N1CCCC1c1nc2n(n1)CCC(N)C2. The molecule has 0 saturated carbocycles. The number of aryl methyl sites for hydroxylation is 1. The van der Waals surface area contributed by atoms with Crippen molar-refractivity contribution in [3.8, 4) is 0 Å². The van der Waals surface area contributed by atoms with Gasteiger partial charge in [-0.1, -0.05) is 0 Å². The molecular formula is C13H23N5. The lowest BCUT2D eigenvalue weighted by Gasteiger charge is -2.26. The summed E-state index contributed by atoms with van der Waals surface area (Å²) in [6.07, 6.45) is 4.34. The summed E-state index contributed by atoms with van der Waals surface area (Å²) in [5.74, 6) is 2.10. The van der Waals surface area contributed by atoms with Crippen LogP contribution in [0.2, 0.25) is 0 Å². The predicted molar refractivity (Wildman–Crippen MR) is 70.1 cm³/mol. The van der Waals surface area contributed by atoms with E-state index in [1.165, 1.54) is 19.4 Å². The van der Waals surface area contributed by atoms with E-state index in [2.05, 4.69) is 23.4 Å². The zero-order chi connectivity index (χ0) is 12.7. The van der Waals surface area contributed by atoms with Gasteiger partial charge in [0.25, 0.3) is 0 Å². The number of nitrogens with zero attached hydrogens (tertiary/aromatic N) is 4. The molecule has 18 heavy (non-hydrogen) atoms. The molecule has 0 bridgehead atoms. The molecule has 0 radical (unpaired) electrons. The molecule has 1 fully saturated rings. The average Bonchev–Trinajstić information content (AvgIpc) is 2.93. The van der Waals surface area contributed by atoms with Crippen LogP contribution in [0.5, 0.6) is 0 Å². The Kier molecular flexibility index (Phi) is 3.11. The number of fused-ring (bicyclic) bond motifs is 1. The zero-order valence-electron chi connectivity index (χ0n) is 11.3. The van der Waals surface area contributed by atoms with Crippen molar-refractivity contribution in [2.45, 2.75) is 64.2 Å². The van der Waals surface area contributed by atoms with E-state index in [9.17, 15) is 0 Å². The molecule has 0 spiro atoms. The van der Waals surface area contributed by atoms with Gasteiger partial charge in [0, 0.05) is 25.0 Å². The van der Waals surface area contributed by atoms with Crippen molar-refractivity contribution in [2.75, 3.05) is 6.54 Å². The Morgan fingerprint density at radius 2 is 2.11 bits per heavy atom. The average molecular weight is 249 g/mol. The van der Waals surface area contributed by atoms with Gasteiger partial charge in [-0.15, -0.1) is 0 Å². The van der Waals surface area contributed by atoms with Crippen LogP contribution in [0.3, 0.4) is 0 Å². The summed E-state index contributed by atoms with van der Waals surface area (Å²) in [6, 6.07) is 1.25. The third kappa shape index (κ3) is 2.06. The fourth-order valence-electron chi connectivity index (χ4n) is 3.17. The topological polar surface area (TPSA) is 60.0 Å².